The van der Waals surface area contributed by atoms with E-state index in [2.05, 4.69) is 30.1 Å². The zero-order chi connectivity index (χ0) is 20.3. The summed E-state index contributed by atoms with van der Waals surface area (Å²) in [6, 6.07) is 14.6. The summed E-state index contributed by atoms with van der Waals surface area (Å²) in [6.45, 7) is 8.09. The van der Waals surface area contributed by atoms with E-state index in [1.165, 1.54) is 0 Å². The van der Waals surface area contributed by atoms with Gasteiger partial charge in [0.05, 0.1) is 10.0 Å². The van der Waals surface area contributed by atoms with Crippen molar-refractivity contribution in [3.63, 3.8) is 0 Å². The molecule has 0 radical (unpaired) electrons. The highest BCUT2D eigenvalue weighted by atomic mass is 35.5. The van der Waals surface area contributed by atoms with Gasteiger partial charge in [-0.2, -0.15) is 0 Å². The lowest BCUT2D eigenvalue weighted by Gasteiger charge is -2.22. The number of hydrogen-bond donors (Lipinski definition) is 1. The van der Waals surface area contributed by atoms with Crippen molar-refractivity contribution in [2.24, 2.45) is 0 Å². The number of anilines is 2. The van der Waals surface area contributed by atoms with Crippen LogP contribution in [0.3, 0.4) is 0 Å². The maximum Gasteiger partial charge on any atom is 0.291 e. The standard InChI is InChI=1S/C22H22Cl2N2O2/c1-4-26(5-2)16-7-9-19(14(3)12-16)25-22(27)21-11-10-20(28-21)15-6-8-17(23)18(24)13-15/h6-13H,4-5H2,1-3H3,(H,25,27). The topological polar surface area (TPSA) is 45.5 Å². The second kappa shape index (κ2) is 8.72. The molecule has 1 amide bonds. The molecule has 0 saturated heterocycles. The molecule has 0 aliphatic carbocycles. The Kier molecular flexibility index (Phi) is 6.32. The number of aryl methyl sites for hydroxylation is 1. The molecule has 1 aromatic heterocycles. The number of amides is 1. The molecule has 1 heterocycles. The van der Waals surface area contributed by atoms with Gasteiger partial charge in [-0.05, 0) is 74.9 Å². The number of nitrogens with one attached hydrogen (secondary N) is 1. The van der Waals surface area contributed by atoms with Gasteiger partial charge in [0.2, 0.25) is 0 Å². The Balaban J connectivity index is 1.77. The molecule has 1 N–H and O–H groups in total. The molecule has 0 atom stereocenters. The number of carbonyl (C=O) groups is 1. The van der Waals surface area contributed by atoms with Crippen LogP contribution < -0.4 is 10.2 Å². The number of benzene rings is 2. The van der Waals surface area contributed by atoms with Crippen LogP contribution in [0.5, 0.6) is 0 Å². The smallest absolute Gasteiger partial charge is 0.291 e. The van der Waals surface area contributed by atoms with Crippen LogP contribution in [0, 0.1) is 6.92 Å². The Morgan fingerprint density at radius 2 is 1.75 bits per heavy atom. The largest absolute Gasteiger partial charge is 0.451 e. The van der Waals surface area contributed by atoms with Gasteiger partial charge in [0.25, 0.3) is 5.91 Å². The third kappa shape index (κ3) is 4.34. The summed E-state index contributed by atoms with van der Waals surface area (Å²) in [5.74, 6) is 0.482. The van der Waals surface area contributed by atoms with Crippen molar-refractivity contribution in [3.05, 3.63) is 69.9 Å². The summed E-state index contributed by atoms with van der Waals surface area (Å²) in [5.41, 5.74) is 3.65. The molecule has 28 heavy (non-hydrogen) atoms. The molecule has 0 fully saturated rings. The average Bonchev–Trinajstić information content (AvgIpc) is 3.17. The fraction of sp³-hybridized carbons (Fsp3) is 0.227. The van der Waals surface area contributed by atoms with E-state index in [1.807, 2.05) is 19.1 Å². The molecule has 4 nitrogen and oxygen atoms in total. The minimum absolute atomic E-state index is 0.230. The van der Waals surface area contributed by atoms with Crippen LogP contribution in [0.15, 0.2) is 52.9 Å². The molecule has 0 saturated carbocycles. The van der Waals surface area contributed by atoms with Crippen molar-refractivity contribution in [3.8, 4) is 11.3 Å². The van der Waals surface area contributed by atoms with Gasteiger partial charge in [0, 0.05) is 30.0 Å². The summed E-state index contributed by atoms with van der Waals surface area (Å²) in [6.07, 6.45) is 0. The lowest BCUT2D eigenvalue weighted by atomic mass is 10.1. The average molecular weight is 417 g/mol. The Morgan fingerprint density at radius 1 is 1.00 bits per heavy atom. The fourth-order valence-corrected chi connectivity index (χ4v) is 3.32. The van der Waals surface area contributed by atoms with E-state index in [1.54, 1.807) is 30.3 Å². The highest BCUT2D eigenvalue weighted by Gasteiger charge is 2.15. The second-order valence-corrected chi connectivity index (χ2v) is 7.23. The number of carbonyl (C=O) groups excluding carboxylic acids is 1. The predicted octanol–water partition coefficient (Wildman–Crippen LogP) is 6.66. The van der Waals surface area contributed by atoms with E-state index in [4.69, 9.17) is 27.6 Å². The Bertz CT molecular complexity index is 994. The number of rotatable bonds is 6. The molecule has 3 rings (SSSR count). The first-order chi connectivity index (χ1) is 13.4. The van der Waals surface area contributed by atoms with E-state index >= 15 is 0 Å². The highest BCUT2D eigenvalue weighted by Crippen LogP contribution is 2.30. The van der Waals surface area contributed by atoms with Crippen molar-refractivity contribution >= 4 is 40.5 Å². The normalized spacial score (nSPS) is 10.8. The summed E-state index contributed by atoms with van der Waals surface area (Å²) in [7, 11) is 0. The first-order valence-electron chi connectivity index (χ1n) is 9.15. The quantitative estimate of drug-likeness (QED) is 0.488. The van der Waals surface area contributed by atoms with Crippen LogP contribution in [0.4, 0.5) is 11.4 Å². The number of furan rings is 1. The number of nitrogens with zero attached hydrogens (tertiary/aromatic N) is 1. The van der Waals surface area contributed by atoms with Gasteiger partial charge in [0.15, 0.2) is 5.76 Å². The fourth-order valence-electron chi connectivity index (χ4n) is 3.02. The van der Waals surface area contributed by atoms with Gasteiger partial charge in [-0.25, -0.2) is 0 Å². The van der Waals surface area contributed by atoms with Gasteiger partial charge in [0.1, 0.15) is 5.76 Å². The van der Waals surface area contributed by atoms with Crippen LogP contribution in [0.1, 0.15) is 30.0 Å². The number of hydrogen-bond acceptors (Lipinski definition) is 3. The molecule has 3 aromatic rings. The van der Waals surface area contributed by atoms with E-state index in [-0.39, 0.29) is 11.7 Å². The van der Waals surface area contributed by atoms with Crippen LogP contribution in [-0.4, -0.2) is 19.0 Å². The molecule has 0 unspecified atom stereocenters. The summed E-state index contributed by atoms with van der Waals surface area (Å²) >= 11 is 12.0. The van der Waals surface area contributed by atoms with E-state index in [9.17, 15) is 4.79 Å². The van der Waals surface area contributed by atoms with Crippen molar-refractivity contribution in [1.82, 2.24) is 0 Å². The van der Waals surface area contributed by atoms with E-state index in [0.717, 1.165) is 35.6 Å². The zero-order valence-electron chi connectivity index (χ0n) is 16.1. The van der Waals surface area contributed by atoms with Gasteiger partial charge in [-0.15, -0.1) is 0 Å². The summed E-state index contributed by atoms with van der Waals surface area (Å²) in [4.78, 5) is 14.9. The minimum atomic E-state index is -0.301. The highest BCUT2D eigenvalue weighted by molar-refractivity contribution is 6.42. The Labute approximate surface area is 175 Å². The molecule has 2 aromatic carbocycles. The van der Waals surface area contributed by atoms with E-state index in [0.29, 0.717) is 15.8 Å². The molecule has 0 bridgehead atoms. The third-order valence-corrected chi connectivity index (χ3v) is 5.36. The molecule has 146 valence electrons. The molecule has 6 heteroatoms. The lowest BCUT2D eigenvalue weighted by molar-refractivity contribution is 0.0997. The van der Waals surface area contributed by atoms with Crippen LogP contribution in [-0.2, 0) is 0 Å². The number of halogens is 2. The summed E-state index contributed by atoms with van der Waals surface area (Å²) < 4.78 is 5.71. The molecular weight excluding hydrogens is 395 g/mol. The van der Waals surface area contributed by atoms with Crippen molar-refractivity contribution in [2.75, 3.05) is 23.3 Å². The Hall–Kier alpha value is -2.43. The van der Waals surface area contributed by atoms with Crippen LogP contribution >= 0.6 is 23.2 Å². The van der Waals surface area contributed by atoms with Crippen molar-refractivity contribution in [2.45, 2.75) is 20.8 Å². The first-order valence-corrected chi connectivity index (χ1v) is 9.90. The van der Waals surface area contributed by atoms with Gasteiger partial charge in [-0.3, -0.25) is 4.79 Å². The molecule has 0 aliphatic heterocycles. The second-order valence-electron chi connectivity index (χ2n) is 6.42. The van der Waals surface area contributed by atoms with Gasteiger partial charge >= 0.3 is 0 Å². The zero-order valence-corrected chi connectivity index (χ0v) is 17.6. The monoisotopic (exact) mass is 416 g/mol. The maximum absolute atomic E-state index is 12.6. The minimum Gasteiger partial charge on any atom is -0.451 e. The van der Waals surface area contributed by atoms with Crippen LogP contribution in [0.2, 0.25) is 10.0 Å². The Morgan fingerprint density at radius 3 is 2.39 bits per heavy atom. The van der Waals surface area contributed by atoms with Gasteiger partial charge < -0.3 is 14.6 Å². The van der Waals surface area contributed by atoms with Crippen LogP contribution in [0.25, 0.3) is 11.3 Å². The van der Waals surface area contributed by atoms with Gasteiger partial charge in [-0.1, -0.05) is 23.2 Å². The maximum atomic E-state index is 12.6. The SMILES string of the molecule is CCN(CC)c1ccc(NC(=O)c2ccc(-c3ccc(Cl)c(Cl)c3)o2)c(C)c1. The predicted molar refractivity (Wildman–Crippen MR) is 117 cm³/mol. The van der Waals surface area contributed by atoms with Crippen molar-refractivity contribution < 1.29 is 9.21 Å². The molecular formula is C22H22Cl2N2O2. The molecule has 0 spiro atoms. The first kappa shape index (κ1) is 20.3. The summed E-state index contributed by atoms with van der Waals surface area (Å²) in [5, 5.41) is 3.82. The lowest BCUT2D eigenvalue weighted by Crippen LogP contribution is -2.22. The van der Waals surface area contributed by atoms with Crippen molar-refractivity contribution in [1.29, 1.82) is 0 Å². The third-order valence-electron chi connectivity index (χ3n) is 4.62. The molecule has 0 aliphatic rings. The van der Waals surface area contributed by atoms with E-state index < -0.39 is 0 Å².